The third kappa shape index (κ3) is 5.62. The highest BCUT2D eigenvalue weighted by Gasteiger charge is 2.39. The second-order valence-electron chi connectivity index (χ2n) is 18.9. The Bertz CT molecular complexity index is 3610. The van der Waals surface area contributed by atoms with Crippen LogP contribution in [0.2, 0.25) is 0 Å². The highest BCUT2D eigenvalue weighted by atomic mass is 32.1. The van der Waals surface area contributed by atoms with Gasteiger partial charge in [-0.05, 0) is 139 Å². The topological polar surface area (TPSA) is 3.24 Å². The summed E-state index contributed by atoms with van der Waals surface area (Å²) in [6, 6.07) is 55.0. The molecule has 0 aliphatic heterocycles. The van der Waals surface area contributed by atoms with Crippen LogP contribution in [0.25, 0.3) is 69.2 Å². The number of anilines is 3. The summed E-state index contributed by atoms with van der Waals surface area (Å²) in [5.74, 6) is 0. The van der Waals surface area contributed by atoms with Crippen molar-refractivity contribution in [1.82, 2.24) is 0 Å². The van der Waals surface area contributed by atoms with Crippen LogP contribution in [-0.4, -0.2) is 0 Å². The average Bonchev–Trinajstić information content (AvgIpc) is 3.77. The summed E-state index contributed by atoms with van der Waals surface area (Å²) in [5.41, 5.74) is 16.7. The molecular formula is C62H49NS. The molecule has 1 heterocycles. The van der Waals surface area contributed by atoms with Gasteiger partial charge in [0, 0.05) is 53.6 Å². The molecule has 0 radical (unpaired) electrons. The van der Waals surface area contributed by atoms with Gasteiger partial charge in [-0.15, -0.1) is 11.3 Å². The molecule has 1 nitrogen and oxygen atoms in total. The second-order valence-corrected chi connectivity index (χ2v) is 19.9. The normalized spacial score (nSPS) is 16.3. The van der Waals surface area contributed by atoms with E-state index in [-0.39, 0.29) is 10.8 Å². The smallest absolute Gasteiger partial charge is 0.0468 e. The Morgan fingerprint density at radius 1 is 0.578 bits per heavy atom. The van der Waals surface area contributed by atoms with Crippen molar-refractivity contribution in [1.29, 1.82) is 0 Å². The van der Waals surface area contributed by atoms with Crippen molar-refractivity contribution in [3.8, 4) is 11.1 Å². The summed E-state index contributed by atoms with van der Waals surface area (Å²) in [4.78, 5) is 2.48. The van der Waals surface area contributed by atoms with Gasteiger partial charge in [-0.3, -0.25) is 0 Å². The molecule has 3 aliphatic carbocycles. The molecule has 8 aromatic carbocycles. The predicted molar refractivity (Wildman–Crippen MR) is 279 cm³/mol. The summed E-state index contributed by atoms with van der Waals surface area (Å²) in [7, 11) is 0. The van der Waals surface area contributed by atoms with Gasteiger partial charge in [0.2, 0.25) is 0 Å². The van der Waals surface area contributed by atoms with Gasteiger partial charge in [-0.25, -0.2) is 0 Å². The highest BCUT2D eigenvalue weighted by molar-refractivity contribution is 7.26. The van der Waals surface area contributed by atoms with E-state index in [9.17, 15) is 0 Å². The van der Waals surface area contributed by atoms with E-state index in [0.29, 0.717) is 0 Å². The molecule has 12 rings (SSSR count). The van der Waals surface area contributed by atoms with Crippen molar-refractivity contribution in [2.75, 3.05) is 4.90 Å². The van der Waals surface area contributed by atoms with Crippen LogP contribution in [0.15, 0.2) is 211 Å². The molecule has 0 atom stereocenters. The van der Waals surface area contributed by atoms with Gasteiger partial charge in [0.1, 0.15) is 0 Å². The van der Waals surface area contributed by atoms with Crippen LogP contribution in [0.4, 0.5) is 17.1 Å². The molecule has 0 spiro atoms. The first-order chi connectivity index (χ1) is 31.1. The highest BCUT2D eigenvalue weighted by Crippen LogP contribution is 2.56. The number of hydrogen-bond acceptors (Lipinski definition) is 2. The standard InChI is InChI=1S/C62H49NS/c1-7-8-17-44-38(2)61(3,4)57-35-40(16-15-23-50(44)57)39-25-27-41(28-26-39)63(42-29-31-49-47-20-10-9-18-45(47)46-19-11-12-21-48(46)53(49)36-42)43-30-33-55-54(37-43)59-56(62(55,5)6)34-32-52-51-22-13-14-24-58(51)64-60(52)59/h7-14,16-37H,1,15H2,2-6H3/b17-8-. The number of rotatable bonds is 6. The first-order valence-corrected chi connectivity index (χ1v) is 23.4. The van der Waals surface area contributed by atoms with E-state index >= 15 is 0 Å². The summed E-state index contributed by atoms with van der Waals surface area (Å²) in [6.45, 7) is 15.7. The summed E-state index contributed by atoms with van der Waals surface area (Å²) in [6.07, 6.45) is 14.3. The Kier molecular flexibility index (Phi) is 8.61. The largest absolute Gasteiger partial charge is 0.310 e. The van der Waals surface area contributed by atoms with Crippen molar-refractivity contribution in [3.05, 3.63) is 228 Å². The Balaban J connectivity index is 1.04. The molecule has 2 heteroatoms. The lowest BCUT2D eigenvalue weighted by Gasteiger charge is -2.28. The van der Waals surface area contributed by atoms with Gasteiger partial charge in [0.15, 0.2) is 0 Å². The van der Waals surface area contributed by atoms with Crippen molar-refractivity contribution in [3.63, 3.8) is 0 Å². The van der Waals surface area contributed by atoms with Crippen LogP contribution in [0.5, 0.6) is 0 Å². The Morgan fingerprint density at radius 3 is 1.89 bits per heavy atom. The molecular weight excluding hydrogens is 791 g/mol. The van der Waals surface area contributed by atoms with E-state index in [1.54, 1.807) is 0 Å². The quantitative estimate of drug-likeness (QED) is 0.119. The van der Waals surface area contributed by atoms with Crippen molar-refractivity contribution >= 4 is 86.5 Å². The molecule has 0 unspecified atom stereocenters. The Labute approximate surface area is 380 Å². The fraction of sp³-hybridized carbons (Fsp3) is 0.129. The predicted octanol–water partition coefficient (Wildman–Crippen LogP) is 18.0. The van der Waals surface area contributed by atoms with Crippen LogP contribution in [0.1, 0.15) is 57.7 Å². The third-order valence-corrected chi connectivity index (χ3v) is 16.0. The Morgan fingerprint density at radius 2 is 1.17 bits per heavy atom. The molecule has 9 aromatic rings. The maximum Gasteiger partial charge on any atom is 0.0468 e. The molecule has 64 heavy (non-hydrogen) atoms. The lowest BCUT2D eigenvalue weighted by atomic mass is 9.80. The van der Waals surface area contributed by atoms with Crippen molar-refractivity contribution in [2.24, 2.45) is 5.41 Å². The van der Waals surface area contributed by atoms with Crippen LogP contribution in [-0.2, 0) is 5.41 Å². The number of hydrogen-bond donors (Lipinski definition) is 0. The monoisotopic (exact) mass is 839 g/mol. The molecule has 0 saturated heterocycles. The van der Waals surface area contributed by atoms with E-state index in [0.717, 1.165) is 23.5 Å². The van der Waals surface area contributed by atoms with Crippen LogP contribution in [0.3, 0.4) is 0 Å². The number of nitrogens with zero attached hydrogens (tertiary/aromatic N) is 1. The van der Waals surface area contributed by atoms with Gasteiger partial charge < -0.3 is 4.90 Å². The first kappa shape index (κ1) is 38.7. The summed E-state index contributed by atoms with van der Waals surface area (Å²) in [5, 5.41) is 10.3. The summed E-state index contributed by atoms with van der Waals surface area (Å²) < 4.78 is 2.72. The SMILES string of the molecule is C=C/C=C\C1=C(C)C(C)(C)C2=CC(c3ccc(N(c4ccc5c(c4)-c4c(ccc6c4sc4ccccc46)C5(C)C)c4ccc5c6ccccc6c6ccccc6c5c4)cc3)=CCC=C21. The Hall–Kier alpha value is -7.00. The van der Waals surface area contributed by atoms with E-state index < -0.39 is 0 Å². The molecule has 0 saturated carbocycles. The molecule has 308 valence electrons. The van der Waals surface area contributed by atoms with Gasteiger partial charge in [-0.1, -0.05) is 173 Å². The van der Waals surface area contributed by atoms with E-state index in [4.69, 9.17) is 0 Å². The molecule has 0 fully saturated rings. The second kappa shape index (κ2) is 14.3. The lowest BCUT2D eigenvalue weighted by molar-refractivity contribution is 0.565. The van der Waals surface area contributed by atoms with Gasteiger partial charge in [0.05, 0.1) is 0 Å². The van der Waals surface area contributed by atoms with Gasteiger partial charge >= 0.3 is 0 Å². The zero-order chi connectivity index (χ0) is 43.5. The first-order valence-electron chi connectivity index (χ1n) is 22.6. The molecule has 0 amide bonds. The molecule has 0 N–H and O–H groups in total. The third-order valence-electron chi connectivity index (χ3n) is 14.8. The number of fused-ring (bicyclic) bond motifs is 14. The van der Waals surface area contributed by atoms with Gasteiger partial charge in [-0.2, -0.15) is 0 Å². The van der Waals surface area contributed by atoms with Crippen LogP contribution < -0.4 is 4.90 Å². The fourth-order valence-electron chi connectivity index (χ4n) is 11.2. The van der Waals surface area contributed by atoms with Crippen molar-refractivity contribution < 1.29 is 0 Å². The lowest BCUT2D eigenvalue weighted by Crippen LogP contribution is -2.15. The minimum absolute atomic E-state index is 0.0689. The minimum atomic E-state index is -0.122. The number of thiophene rings is 1. The number of benzene rings is 8. The molecule has 1 aromatic heterocycles. The van der Waals surface area contributed by atoms with E-state index in [2.05, 4.69) is 222 Å². The maximum atomic E-state index is 3.94. The zero-order valence-electron chi connectivity index (χ0n) is 37.1. The van der Waals surface area contributed by atoms with Crippen molar-refractivity contribution in [2.45, 2.75) is 46.5 Å². The van der Waals surface area contributed by atoms with Crippen LogP contribution >= 0.6 is 11.3 Å². The molecule has 3 aliphatic rings. The minimum Gasteiger partial charge on any atom is -0.310 e. The van der Waals surface area contributed by atoms with E-state index in [1.807, 2.05) is 17.4 Å². The van der Waals surface area contributed by atoms with Crippen LogP contribution in [0, 0.1) is 5.41 Å². The van der Waals surface area contributed by atoms with E-state index in [1.165, 1.54) is 108 Å². The molecule has 0 bridgehead atoms. The number of allylic oxidation sites excluding steroid dienone is 11. The maximum absolute atomic E-state index is 3.94. The zero-order valence-corrected chi connectivity index (χ0v) is 37.9. The average molecular weight is 840 g/mol. The summed E-state index contributed by atoms with van der Waals surface area (Å²) >= 11 is 1.93. The van der Waals surface area contributed by atoms with Gasteiger partial charge in [0.25, 0.3) is 0 Å². The fourth-order valence-corrected chi connectivity index (χ4v) is 12.5.